The van der Waals surface area contributed by atoms with Crippen molar-refractivity contribution in [1.82, 2.24) is 14.7 Å². The first-order valence-corrected chi connectivity index (χ1v) is 6.68. The molecule has 0 amide bonds. The van der Waals surface area contributed by atoms with E-state index in [9.17, 15) is 4.79 Å². The molecule has 0 radical (unpaired) electrons. The molecule has 1 aromatic carbocycles. The van der Waals surface area contributed by atoms with Gasteiger partial charge in [0.05, 0.1) is 5.39 Å². The minimum Gasteiger partial charge on any atom is -0.367 e. The Hall–Kier alpha value is -1.88. The van der Waals surface area contributed by atoms with Gasteiger partial charge in [0, 0.05) is 25.5 Å². The van der Waals surface area contributed by atoms with E-state index in [2.05, 4.69) is 15.3 Å². The molecule has 2 aromatic rings. The lowest BCUT2D eigenvalue weighted by molar-refractivity contribution is 0.189. The molecular formula is C14H18N4O. The maximum Gasteiger partial charge on any atom is 0.274 e. The van der Waals surface area contributed by atoms with Crippen molar-refractivity contribution < 1.29 is 0 Å². The quantitative estimate of drug-likeness (QED) is 0.890. The predicted molar refractivity (Wildman–Crippen MR) is 76.5 cm³/mol. The van der Waals surface area contributed by atoms with Gasteiger partial charge in [-0.15, -0.1) is 0 Å². The molecule has 1 saturated heterocycles. The van der Waals surface area contributed by atoms with Crippen molar-refractivity contribution in [2.75, 3.05) is 31.5 Å². The number of nitrogens with zero attached hydrogens (tertiary/aromatic N) is 3. The highest BCUT2D eigenvalue weighted by Crippen LogP contribution is 2.17. The summed E-state index contributed by atoms with van der Waals surface area (Å²) in [7, 11) is 1.69. The fraction of sp³-hybridized carbons (Fsp3) is 0.429. The van der Waals surface area contributed by atoms with Crippen molar-refractivity contribution in [3.63, 3.8) is 0 Å². The number of benzene rings is 1. The molecule has 1 aliphatic heterocycles. The Morgan fingerprint density at radius 3 is 2.68 bits per heavy atom. The predicted octanol–water partition coefficient (Wildman–Crippen LogP) is 1.05. The van der Waals surface area contributed by atoms with Gasteiger partial charge in [-0.1, -0.05) is 18.2 Å². The maximum absolute atomic E-state index is 12.0. The van der Waals surface area contributed by atoms with Crippen LogP contribution in [0.3, 0.4) is 0 Å². The average Bonchev–Trinajstić information content (AvgIpc) is 2.38. The summed E-state index contributed by atoms with van der Waals surface area (Å²) in [6, 6.07) is 7.60. The van der Waals surface area contributed by atoms with Gasteiger partial charge in [-0.3, -0.25) is 4.79 Å². The first-order chi connectivity index (χ1) is 9.25. The molecule has 19 heavy (non-hydrogen) atoms. The normalized spacial score (nSPS) is 15.4. The van der Waals surface area contributed by atoms with Crippen LogP contribution in [-0.4, -0.2) is 40.9 Å². The fourth-order valence-corrected chi connectivity index (χ4v) is 2.37. The Bertz CT molecular complexity index is 645. The Morgan fingerprint density at radius 1 is 1.26 bits per heavy atom. The summed E-state index contributed by atoms with van der Waals surface area (Å²) < 4.78 is 1.40. The summed E-state index contributed by atoms with van der Waals surface area (Å²) in [6.45, 7) is 4.28. The highest BCUT2D eigenvalue weighted by molar-refractivity contribution is 5.90. The van der Waals surface area contributed by atoms with Crippen molar-refractivity contribution in [2.24, 2.45) is 7.05 Å². The van der Waals surface area contributed by atoms with Crippen molar-refractivity contribution in [1.29, 1.82) is 0 Å². The van der Waals surface area contributed by atoms with E-state index in [0.29, 0.717) is 5.39 Å². The molecule has 1 aliphatic rings. The van der Waals surface area contributed by atoms with Gasteiger partial charge in [-0.25, -0.2) is 4.68 Å². The van der Waals surface area contributed by atoms with Gasteiger partial charge in [0.25, 0.3) is 5.56 Å². The zero-order valence-corrected chi connectivity index (χ0v) is 11.1. The van der Waals surface area contributed by atoms with Crippen LogP contribution in [0.1, 0.15) is 6.42 Å². The van der Waals surface area contributed by atoms with E-state index >= 15 is 0 Å². The van der Waals surface area contributed by atoms with Gasteiger partial charge in [0.2, 0.25) is 0 Å². The Balaban J connectivity index is 1.85. The first-order valence-electron chi connectivity index (χ1n) is 6.68. The molecule has 5 heteroatoms. The third-order valence-electron chi connectivity index (χ3n) is 3.63. The molecule has 1 fully saturated rings. The summed E-state index contributed by atoms with van der Waals surface area (Å²) in [5.74, 6) is 0.790. The summed E-state index contributed by atoms with van der Waals surface area (Å²) in [5, 5.41) is 9.27. The van der Waals surface area contributed by atoms with Gasteiger partial charge < -0.3 is 10.2 Å². The third-order valence-corrected chi connectivity index (χ3v) is 3.63. The number of hydrogen-bond donors (Lipinski definition) is 1. The van der Waals surface area contributed by atoms with Crippen molar-refractivity contribution in [3.8, 4) is 0 Å². The van der Waals surface area contributed by atoms with Crippen LogP contribution < -0.4 is 10.9 Å². The molecule has 1 aromatic heterocycles. The minimum atomic E-state index is -0.0520. The molecule has 2 heterocycles. The molecule has 1 N–H and O–H groups in total. The standard InChI is InChI=1S/C14H18N4O/c1-17-14(19)12-6-3-2-5-11(12)13(16-17)15-7-10-18-8-4-9-18/h2-3,5-6H,4,7-10H2,1H3,(H,15,16). The smallest absolute Gasteiger partial charge is 0.274 e. The second kappa shape index (κ2) is 5.01. The van der Waals surface area contributed by atoms with E-state index in [1.807, 2.05) is 24.3 Å². The van der Waals surface area contributed by atoms with Crippen LogP contribution in [0, 0.1) is 0 Å². The average molecular weight is 258 g/mol. The summed E-state index contributed by atoms with van der Waals surface area (Å²) >= 11 is 0. The summed E-state index contributed by atoms with van der Waals surface area (Å²) in [4.78, 5) is 14.4. The molecule has 100 valence electrons. The highest BCUT2D eigenvalue weighted by atomic mass is 16.1. The third kappa shape index (κ3) is 2.33. The number of likely N-dealkylation sites (tertiary alicyclic amines) is 1. The Labute approximate surface area is 111 Å². The molecule has 0 bridgehead atoms. The van der Waals surface area contributed by atoms with Crippen LogP contribution in [0.5, 0.6) is 0 Å². The fourth-order valence-electron chi connectivity index (χ4n) is 2.37. The van der Waals surface area contributed by atoms with Crippen LogP contribution in [0.4, 0.5) is 5.82 Å². The van der Waals surface area contributed by atoms with Gasteiger partial charge in [0.1, 0.15) is 0 Å². The second-order valence-electron chi connectivity index (χ2n) is 4.94. The van der Waals surface area contributed by atoms with Crippen molar-refractivity contribution in [2.45, 2.75) is 6.42 Å². The van der Waals surface area contributed by atoms with E-state index in [-0.39, 0.29) is 5.56 Å². The molecule has 3 rings (SSSR count). The number of fused-ring (bicyclic) bond motifs is 1. The van der Waals surface area contributed by atoms with Crippen molar-refractivity contribution in [3.05, 3.63) is 34.6 Å². The number of rotatable bonds is 4. The minimum absolute atomic E-state index is 0.0520. The van der Waals surface area contributed by atoms with Gasteiger partial charge in [-0.05, 0) is 25.6 Å². The first kappa shape index (κ1) is 12.2. The molecule has 0 saturated carbocycles. The number of nitrogens with one attached hydrogen (secondary N) is 1. The van der Waals surface area contributed by atoms with Gasteiger partial charge >= 0.3 is 0 Å². The van der Waals surface area contributed by atoms with Crippen LogP contribution in [0.25, 0.3) is 10.8 Å². The molecule has 0 spiro atoms. The van der Waals surface area contributed by atoms with E-state index in [4.69, 9.17) is 0 Å². The molecule has 0 atom stereocenters. The van der Waals surface area contributed by atoms with Gasteiger partial charge in [0.15, 0.2) is 5.82 Å². The number of anilines is 1. The van der Waals surface area contributed by atoms with Gasteiger partial charge in [-0.2, -0.15) is 5.10 Å². The summed E-state index contributed by atoms with van der Waals surface area (Å²) in [5.41, 5.74) is -0.0520. The zero-order valence-electron chi connectivity index (χ0n) is 11.1. The van der Waals surface area contributed by atoms with E-state index in [0.717, 1.165) is 24.3 Å². The second-order valence-corrected chi connectivity index (χ2v) is 4.94. The van der Waals surface area contributed by atoms with Crippen LogP contribution >= 0.6 is 0 Å². The van der Waals surface area contributed by atoms with Crippen LogP contribution in [-0.2, 0) is 7.05 Å². The Kier molecular flexibility index (Phi) is 3.21. The lowest BCUT2D eigenvalue weighted by atomic mass is 10.2. The van der Waals surface area contributed by atoms with Crippen molar-refractivity contribution >= 4 is 16.6 Å². The Morgan fingerprint density at radius 2 is 2.00 bits per heavy atom. The lowest BCUT2D eigenvalue weighted by Crippen LogP contribution is -2.40. The topological polar surface area (TPSA) is 50.2 Å². The van der Waals surface area contributed by atoms with Crippen LogP contribution in [0.15, 0.2) is 29.1 Å². The lowest BCUT2D eigenvalue weighted by Gasteiger charge is -2.30. The monoisotopic (exact) mass is 258 g/mol. The maximum atomic E-state index is 12.0. The number of aryl methyl sites for hydroxylation is 1. The highest BCUT2D eigenvalue weighted by Gasteiger charge is 2.13. The molecular weight excluding hydrogens is 240 g/mol. The number of hydrogen-bond acceptors (Lipinski definition) is 4. The summed E-state index contributed by atoms with van der Waals surface area (Å²) in [6.07, 6.45) is 1.31. The van der Waals surface area contributed by atoms with E-state index in [1.54, 1.807) is 7.05 Å². The molecule has 5 nitrogen and oxygen atoms in total. The number of aromatic nitrogens is 2. The molecule has 0 aliphatic carbocycles. The molecule has 0 unspecified atom stereocenters. The van der Waals surface area contributed by atoms with Crippen LogP contribution in [0.2, 0.25) is 0 Å². The SMILES string of the molecule is Cn1nc(NCCN2CCC2)c2ccccc2c1=O. The van der Waals surface area contributed by atoms with E-state index < -0.39 is 0 Å². The largest absolute Gasteiger partial charge is 0.367 e. The zero-order chi connectivity index (χ0) is 13.2. The van der Waals surface area contributed by atoms with E-state index in [1.165, 1.54) is 24.2 Å².